The van der Waals surface area contributed by atoms with Crippen LogP contribution in [-0.4, -0.2) is 55.1 Å². The molecule has 1 fully saturated rings. The van der Waals surface area contributed by atoms with Gasteiger partial charge in [0.05, 0.1) is 10.2 Å². The Hall–Kier alpha value is -2.41. The number of carbonyl (C=O) groups is 1. The van der Waals surface area contributed by atoms with Crippen molar-refractivity contribution in [2.75, 3.05) is 44.2 Å². The van der Waals surface area contributed by atoms with Crippen LogP contribution in [0, 0.1) is 13.8 Å². The number of aromatic nitrogens is 1. The van der Waals surface area contributed by atoms with E-state index in [0.29, 0.717) is 11.6 Å². The lowest BCUT2D eigenvalue weighted by atomic mass is 10.1. The first kappa shape index (κ1) is 21.8. The van der Waals surface area contributed by atoms with Crippen molar-refractivity contribution in [2.24, 2.45) is 0 Å². The molecular formula is C24H27ClN4OS. The molecule has 1 N–H and O–H groups in total. The fraction of sp³-hybridized carbons (Fsp3) is 0.333. The summed E-state index contributed by atoms with van der Waals surface area (Å²) in [5, 5.41) is 4.71. The van der Waals surface area contributed by atoms with E-state index in [9.17, 15) is 4.79 Å². The molecular weight excluding hydrogens is 428 g/mol. The Morgan fingerprint density at radius 1 is 1.19 bits per heavy atom. The van der Waals surface area contributed by atoms with Gasteiger partial charge in [-0.05, 0) is 48.7 Å². The summed E-state index contributed by atoms with van der Waals surface area (Å²) < 4.78 is 1.29. The van der Waals surface area contributed by atoms with Crippen LogP contribution in [0.1, 0.15) is 16.7 Å². The molecule has 1 aliphatic rings. The molecule has 3 aromatic rings. The highest BCUT2D eigenvalue weighted by molar-refractivity contribution is 7.22. The normalized spacial score (nSPS) is 15.1. The predicted octanol–water partition coefficient (Wildman–Crippen LogP) is 4.52. The zero-order valence-electron chi connectivity index (χ0n) is 17.9. The van der Waals surface area contributed by atoms with Gasteiger partial charge in [-0.15, -0.1) is 0 Å². The number of benzene rings is 2. The minimum absolute atomic E-state index is 0.0984. The molecule has 0 radical (unpaired) electrons. The van der Waals surface area contributed by atoms with Crippen LogP contribution >= 0.6 is 22.9 Å². The summed E-state index contributed by atoms with van der Waals surface area (Å²) in [6, 6.07) is 11.9. The lowest BCUT2D eigenvalue weighted by molar-refractivity contribution is -0.116. The Kier molecular flexibility index (Phi) is 6.90. The number of rotatable bonds is 6. The van der Waals surface area contributed by atoms with Gasteiger partial charge in [0.25, 0.3) is 0 Å². The Morgan fingerprint density at radius 3 is 2.74 bits per heavy atom. The lowest BCUT2D eigenvalue weighted by Crippen LogP contribution is -2.48. The van der Waals surface area contributed by atoms with E-state index >= 15 is 0 Å². The highest BCUT2D eigenvalue weighted by Gasteiger charge is 2.20. The van der Waals surface area contributed by atoms with Crippen molar-refractivity contribution in [3.8, 4) is 0 Å². The minimum atomic E-state index is -0.0984. The molecule has 2 heterocycles. The highest BCUT2D eigenvalue weighted by Crippen LogP contribution is 2.32. The number of aryl methyl sites for hydroxylation is 2. The molecule has 162 valence electrons. The van der Waals surface area contributed by atoms with E-state index in [1.165, 1.54) is 21.9 Å². The average molecular weight is 455 g/mol. The van der Waals surface area contributed by atoms with Gasteiger partial charge in [0.1, 0.15) is 0 Å². The Balaban J connectivity index is 1.23. The van der Waals surface area contributed by atoms with Crippen LogP contribution in [-0.2, 0) is 4.79 Å². The Labute approximate surface area is 192 Å². The topological polar surface area (TPSA) is 48.5 Å². The molecule has 4 rings (SSSR count). The van der Waals surface area contributed by atoms with Crippen molar-refractivity contribution in [3.05, 3.63) is 64.2 Å². The molecule has 1 aliphatic heterocycles. The number of thiazole rings is 1. The maximum atomic E-state index is 12.1. The molecule has 0 atom stereocenters. The second kappa shape index (κ2) is 9.81. The van der Waals surface area contributed by atoms with Gasteiger partial charge < -0.3 is 10.2 Å². The maximum Gasteiger partial charge on any atom is 0.244 e. The molecule has 2 aromatic carbocycles. The zero-order chi connectivity index (χ0) is 21.8. The van der Waals surface area contributed by atoms with Crippen molar-refractivity contribution >= 4 is 50.3 Å². The third-order valence-corrected chi connectivity index (χ3v) is 7.11. The monoisotopic (exact) mass is 454 g/mol. The van der Waals surface area contributed by atoms with Gasteiger partial charge in [0.15, 0.2) is 5.13 Å². The summed E-state index contributed by atoms with van der Waals surface area (Å²) in [4.78, 5) is 21.7. The lowest BCUT2D eigenvalue weighted by Gasteiger charge is -2.34. The molecule has 31 heavy (non-hydrogen) atoms. The molecule has 1 saturated heterocycles. The van der Waals surface area contributed by atoms with Crippen LogP contribution in [0.4, 0.5) is 5.13 Å². The molecule has 0 aliphatic carbocycles. The number of anilines is 1. The number of hydrogen-bond donors (Lipinski definition) is 1. The van der Waals surface area contributed by atoms with E-state index in [-0.39, 0.29) is 5.91 Å². The summed E-state index contributed by atoms with van der Waals surface area (Å²) in [7, 11) is 0. The maximum absolute atomic E-state index is 12.1. The second-order valence-electron chi connectivity index (χ2n) is 7.90. The third kappa shape index (κ3) is 5.45. The first-order chi connectivity index (χ1) is 15.0. The number of nitrogens with one attached hydrogen (secondary N) is 1. The standard InChI is InChI=1S/C24H27ClN4OS/c1-17-15-18(2)23-21(16-17)27-24(31-23)29-13-11-28(12-14-29)10-9-26-22(30)8-7-19-5-3-4-6-20(19)25/h3-8,15-16H,9-14H2,1-2H3,(H,26,30)/b8-7+. The molecule has 1 aromatic heterocycles. The van der Waals surface area contributed by atoms with E-state index in [2.05, 4.69) is 41.1 Å². The molecule has 1 amide bonds. The third-order valence-electron chi connectivity index (χ3n) is 5.50. The number of nitrogens with zero attached hydrogens (tertiary/aromatic N) is 3. The first-order valence-electron chi connectivity index (χ1n) is 10.5. The van der Waals surface area contributed by atoms with E-state index in [4.69, 9.17) is 16.6 Å². The summed E-state index contributed by atoms with van der Waals surface area (Å²) in [6.07, 6.45) is 3.29. The van der Waals surface area contributed by atoms with E-state index in [0.717, 1.165) is 48.9 Å². The number of carbonyl (C=O) groups excluding carboxylic acids is 1. The van der Waals surface area contributed by atoms with Gasteiger partial charge in [-0.25, -0.2) is 4.98 Å². The van der Waals surface area contributed by atoms with Gasteiger partial charge in [-0.1, -0.05) is 47.2 Å². The first-order valence-corrected chi connectivity index (χ1v) is 11.7. The SMILES string of the molecule is Cc1cc(C)c2sc(N3CCN(CCNC(=O)/C=C/c4ccccc4Cl)CC3)nc2c1. The van der Waals surface area contributed by atoms with Crippen LogP contribution < -0.4 is 10.2 Å². The highest BCUT2D eigenvalue weighted by atomic mass is 35.5. The second-order valence-corrected chi connectivity index (χ2v) is 9.29. The van der Waals surface area contributed by atoms with Crippen molar-refractivity contribution in [3.63, 3.8) is 0 Å². The number of halogens is 1. The fourth-order valence-corrected chi connectivity index (χ4v) is 5.10. The Morgan fingerprint density at radius 2 is 1.97 bits per heavy atom. The van der Waals surface area contributed by atoms with Gasteiger partial charge in [0, 0.05) is 50.4 Å². The summed E-state index contributed by atoms with van der Waals surface area (Å²) in [5.74, 6) is -0.0984. The molecule has 0 unspecified atom stereocenters. The molecule has 5 nitrogen and oxygen atoms in total. The number of fused-ring (bicyclic) bond motifs is 1. The number of piperazine rings is 1. The van der Waals surface area contributed by atoms with Gasteiger partial charge >= 0.3 is 0 Å². The van der Waals surface area contributed by atoms with Crippen molar-refractivity contribution in [1.29, 1.82) is 0 Å². The van der Waals surface area contributed by atoms with Gasteiger partial charge in [0.2, 0.25) is 5.91 Å². The molecule has 0 bridgehead atoms. The van der Waals surface area contributed by atoms with E-state index < -0.39 is 0 Å². The van der Waals surface area contributed by atoms with Crippen LogP contribution in [0.5, 0.6) is 0 Å². The van der Waals surface area contributed by atoms with Crippen molar-refractivity contribution in [1.82, 2.24) is 15.2 Å². The fourth-order valence-electron chi connectivity index (χ4n) is 3.83. The largest absolute Gasteiger partial charge is 0.351 e. The van der Waals surface area contributed by atoms with Crippen LogP contribution in [0.15, 0.2) is 42.5 Å². The van der Waals surface area contributed by atoms with Gasteiger partial charge in [-0.2, -0.15) is 0 Å². The Bertz CT molecular complexity index is 1100. The minimum Gasteiger partial charge on any atom is -0.351 e. The predicted molar refractivity (Wildman–Crippen MR) is 131 cm³/mol. The number of amides is 1. The summed E-state index contributed by atoms with van der Waals surface area (Å²) >= 11 is 7.90. The summed E-state index contributed by atoms with van der Waals surface area (Å²) in [5.41, 5.74) is 4.51. The zero-order valence-corrected chi connectivity index (χ0v) is 19.5. The van der Waals surface area contributed by atoms with E-state index in [1.807, 2.05) is 24.3 Å². The molecule has 7 heteroatoms. The van der Waals surface area contributed by atoms with Crippen molar-refractivity contribution in [2.45, 2.75) is 13.8 Å². The average Bonchev–Trinajstić information content (AvgIpc) is 3.18. The number of hydrogen-bond acceptors (Lipinski definition) is 5. The molecule has 0 saturated carbocycles. The van der Waals surface area contributed by atoms with Gasteiger partial charge in [-0.3, -0.25) is 9.69 Å². The molecule has 0 spiro atoms. The smallest absolute Gasteiger partial charge is 0.244 e. The van der Waals surface area contributed by atoms with Crippen molar-refractivity contribution < 1.29 is 4.79 Å². The van der Waals surface area contributed by atoms with Crippen LogP contribution in [0.25, 0.3) is 16.3 Å². The van der Waals surface area contributed by atoms with Crippen LogP contribution in [0.3, 0.4) is 0 Å². The van der Waals surface area contributed by atoms with Crippen LogP contribution in [0.2, 0.25) is 5.02 Å². The summed E-state index contributed by atoms with van der Waals surface area (Å²) in [6.45, 7) is 9.61. The van der Waals surface area contributed by atoms with E-state index in [1.54, 1.807) is 17.4 Å². The quantitative estimate of drug-likeness (QED) is 0.556.